The largest absolute Gasteiger partial charge is 0.278 e. The van der Waals surface area contributed by atoms with Crippen LogP contribution < -0.4 is 4.72 Å². The van der Waals surface area contributed by atoms with Crippen molar-refractivity contribution in [3.63, 3.8) is 0 Å². The predicted octanol–water partition coefficient (Wildman–Crippen LogP) is 2.95. The molecule has 1 heterocycles. The van der Waals surface area contributed by atoms with E-state index in [1.54, 1.807) is 36.5 Å². The zero-order chi connectivity index (χ0) is 13.2. The fourth-order valence-electron chi connectivity index (χ4n) is 1.41. The molecule has 0 amide bonds. The number of hydrogen-bond donors (Lipinski definition) is 1. The van der Waals surface area contributed by atoms with Crippen molar-refractivity contribution in [2.45, 2.75) is 11.8 Å². The van der Waals surface area contributed by atoms with E-state index in [2.05, 4.69) is 25.6 Å². The molecule has 1 aromatic carbocycles. The molecule has 18 heavy (non-hydrogen) atoms. The Morgan fingerprint density at radius 2 is 2.06 bits per heavy atom. The van der Waals surface area contributed by atoms with Crippen molar-refractivity contribution in [2.75, 3.05) is 4.72 Å². The fraction of sp³-hybridized carbons (Fsp3) is 0.0833. The van der Waals surface area contributed by atoms with Gasteiger partial charge in [-0.1, -0.05) is 22.0 Å². The summed E-state index contributed by atoms with van der Waals surface area (Å²) >= 11 is 3.25. The van der Waals surface area contributed by atoms with Crippen molar-refractivity contribution in [2.24, 2.45) is 0 Å². The van der Waals surface area contributed by atoms with Gasteiger partial charge < -0.3 is 0 Å². The van der Waals surface area contributed by atoms with Gasteiger partial charge in [0.1, 0.15) is 0 Å². The van der Waals surface area contributed by atoms with Crippen molar-refractivity contribution in [3.8, 4) is 0 Å². The normalized spacial score (nSPS) is 11.2. The summed E-state index contributed by atoms with van der Waals surface area (Å²) in [6.45, 7) is 1.82. The molecule has 0 radical (unpaired) electrons. The van der Waals surface area contributed by atoms with E-state index in [1.165, 1.54) is 6.20 Å². The van der Waals surface area contributed by atoms with E-state index >= 15 is 0 Å². The van der Waals surface area contributed by atoms with E-state index in [0.717, 1.165) is 5.56 Å². The minimum atomic E-state index is -3.58. The van der Waals surface area contributed by atoms with Crippen LogP contribution in [0.15, 0.2) is 52.1 Å². The van der Waals surface area contributed by atoms with E-state index in [1.807, 2.05) is 6.92 Å². The topological polar surface area (TPSA) is 59.1 Å². The highest BCUT2D eigenvalue weighted by Crippen LogP contribution is 2.20. The molecule has 1 aromatic heterocycles. The molecule has 6 heteroatoms. The van der Waals surface area contributed by atoms with Gasteiger partial charge in [0.25, 0.3) is 10.0 Å². The number of hydrogen-bond acceptors (Lipinski definition) is 3. The third-order valence-electron chi connectivity index (χ3n) is 2.39. The number of nitrogens with zero attached hydrogens (tertiary/aromatic N) is 1. The monoisotopic (exact) mass is 326 g/mol. The molecular formula is C12H11BrN2O2S. The van der Waals surface area contributed by atoms with E-state index in [0.29, 0.717) is 10.2 Å². The van der Waals surface area contributed by atoms with Gasteiger partial charge in [0.2, 0.25) is 0 Å². The minimum absolute atomic E-state index is 0.208. The maximum atomic E-state index is 12.1. The predicted molar refractivity (Wildman–Crippen MR) is 73.9 cm³/mol. The Bertz CT molecular complexity index is 671. The molecule has 94 valence electrons. The van der Waals surface area contributed by atoms with Crippen LogP contribution in [-0.4, -0.2) is 13.4 Å². The quantitative estimate of drug-likeness (QED) is 0.943. The van der Waals surface area contributed by atoms with E-state index in [4.69, 9.17) is 0 Å². The van der Waals surface area contributed by atoms with Crippen LogP contribution in [0, 0.1) is 6.92 Å². The standard InChI is InChI=1S/C12H11BrN2O2S/c1-9-5-6-14-8-12(9)15-18(16,17)11-4-2-3-10(13)7-11/h2-8,15H,1H3. The Morgan fingerprint density at radius 1 is 1.28 bits per heavy atom. The SMILES string of the molecule is Cc1ccncc1NS(=O)(=O)c1cccc(Br)c1. The molecule has 2 rings (SSSR count). The first-order valence-corrected chi connectivity index (χ1v) is 7.46. The van der Waals surface area contributed by atoms with Crippen molar-refractivity contribution in [1.29, 1.82) is 0 Å². The van der Waals surface area contributed by atoms with Gasteiger partial charge in [0.05, 0.1) is 16.8 Å². The Labute approximate surface area is 114 Å². The Kier molecular flexibility index (Phi) is 3.68. The van der Waals surface area contributed by atoms with Crippen LogP contribution in [-0.2, 0) is 10.0 Å². The zero-order valence-electron chi connectivity index (χ0n) is 9.59. The molecule has 0 aliphatic rings. The highest BCUT2D eigenvalue weighted by molar-refractivity contribution is 9.10. The second-order valence-corrected chi connectivity index (χ2v) is 6.35. The summed E-state index contributed by atoms with van der Waals surface area (Å²) in [6.07, 6.45) is 3.11. The van der Waals surface area contributed by atoms with Crippen LogP contribution in [0.1, 0.15) is 5.56 Å². The number of halogens is 1. The van der Waals surface area contributed by atoms with Crippen LogP contribution in [0.4, 0.5) is 5.69 Å². The number of sulfonamides is 1. The molecule has 0 saturated heterocycles. The number of rotatable bonds is 3. The van der Waals surface area contributed by atoms with Gasteiger partial charge in [0, 0.05) is 10.7 Å². The first kappa shape index (κ1) is 13.0. The number of aromatic nitrogens is 1. The lowest BCUT2D eigenvalue weighted by Crippen LogP contribution is -2.13. The highest BCUT2D eigenvalue weighted by atomic mass is 79.9. The van der Waals surface area contributed by atoms with Crippen molar-refractivity contribution in [1.82, 2.24) is 4.98 Å². The van der Waals surface area contributed by atoms with Gasteiger partial charge in [0.15, 0.2) is 0 Å². The van der Waals surface area contributed by atoms with E-state index < -0.39 is 10.0 Å². The first-order chi connectivity index (χ1) is 8.49. The zero-order valence-corrected chi connectivity index (χ0v) is 12.0. The second kappa shape index (κ2) is 5.07. The molecule has 0 atom stereocenters. The Hall–Kier alpha value is -1.40. The molecule has 0 aliphatic carbocycles. The molecule has 0 aliphatic heterocycles. The lowest BCUT2D eigenvalue weighted by atomic mass is 10.3. The van der Waals surface area contributed by atoms with Gasteiger partial charge in [-0.15, -0.1) is 0 Å². The molecule has 2 aromatic rings. The van der Waals surface area contributed by atoms with E-state index in [9.17, 15) is 8.42 Å². The number of aryl methyl sites for hydroxylation is 1. The summed E-state index contributed by atoms with van der Waals surface area (Å²) in [4.78, 5) is 4.11. The molecule has 4 nitrogen and oxygen atoms in total. The van der Waals surface area contributed by atoms with Crippen LogP contribution >= 0.6 is 15.9 Å². The third kappa shape index (κ3) is 2.88. The van der Waals surface area contributed by atoms with E-state index in [-0.39, 0.29) is 4.90 Å². The summed E-state index contributed by atoms with van der Waals surface area (Å²) in [7, 11) is -3.58. The third-order valence-corrected chi connectivity index (χ3v) is 4.25. The second-order valence-electron chi connectivity index (χ2n) is 3.75. The lowest BCUT2D eigenvalue weighted by molar-refractivity contribution is 0.601. The van der Waals surface area contributed by atoms with Crippen molar-refractivity contribution >= 4 is 31.6 Å². The number of benzene rings is 1. The smallest absolute Gasteiger partial charge is 0.261 e. The van der Waals surface area contributed by atoms with Crippen molar-refractivity contribution in [3.05, 3.63) is 52.8 Å². The lowest BCUT2D eigenvalue weighted by Gasteiger charge is -2.09. The molecule has 0 fully saturated rings. The molecule has 0 saturated carbocycles. The van der Waals surface area contributed by atoms with Crippen molar-refractivity contribution < 1.29 is 8.42 Å². The fourth-order valence-corrected chi connectivity index (χ4v) is 3.12. The van der Waals surface area contributed by atoms with Gasteiger partial charge in [-0.25, -0.2) is 8.42 Å². The van der Waals surface area contributed by atoms with Gasteiger partial charge in [-0.3, -0.25) is 9.71 Å². The molecule has 0 bridgehead atoms. The summed E-state index contributed by atoms with van der Waals surface area (Å²) < 4.78 is 27.5. The highest BCUT2D eigenvalue weighted by Gasteiger charge is 2.15. The minimum Gasteiger partial charge on any atom is -0.278 e. The van der Waals surface area contributed by atoms with Crippen LogP contribution in [0.3, 0.4) is 0 Å². The summed E-state index contributed by atoms with van der Waals surface area (Å²) in [5.41, 5.74) is 1.31. The molecule has 0 spiro atoms. The summed E-state index contributed by atoms with van der Waals surface area (Å²) in [5, 5.41) is 0. The average Bonchev–Trinajstić information content (AvgIpc) is 2.32. The molecule has 1 N–H and O–H groups in total. The molecule has 0 unspecified atom stereocenters. The van der Waals surface area contributed by atoms with Gasteiger partial charge in [-0.2, -0.15) is 0 Å². The maximum Gasteiger partial charge on any atom is 0.261 e. The average molecular weight is 327 g/mol. The summed E-state index contributed by atoms with van der Waals surface area (Å²) in [5.74, 6) is 0. The van der Waals surface area contributed by atoms with Gasteiger partial charge >= 0.3 is 0 Å². The maximum absolute atomic E-state index is 12.1. The molecular weight excluding hydrogens is 316 g/mol. The Balaban J connectivity index is 2.37. The van der Waals surface area contributed by atoms with Crippen LogP contribution in [0.5, 0.6) is 0 Å². The van der Waals surface area contributed by atoms with Crippen LogP contribution in [0.2, 0.25) is 0 Å². The number of pyridine rings is 1. The first-order valence-electron chi connectivity index (χ1n) is 5.18. The van der Waals surface area contributed by atoms with Gasteiger partial charge in [-0.05, 0) is 36.8 Å². The number of nitrogens with one attached hydrogen (secondary N) is 1. The number of anilines is 1. The Morgan fingerprint density at radius 3 is 2.72 bits per heavy atom. The van der Waals surface area contributed by atoms with Crippen LogP contribution in [0.25, 0.3) is 0 Å². The summed E-state index contributed by atoms with van der Waals surface area (Å²) in [6, 6.07) is 8.29.